The Morgan fingerprint density at radius 2 is 2.08 bits per heavy atom. The maximum Gasteiger partial charge on any atom is 0.237 e. The lowest BCUT2D eigenvalue weighted by Gasteiger charge is -2.36. The fourth-order valence-electron chi connectivity index (χ4n) is 3.29. The molecule has 1 N–H and O–H groups in total. The molecule has 1 aliphatic rings. The standard InChI is InChI=1S/C20H26N2OS/c1-3-4-11-21-14-19(23)22-12-9-18-17(10-13-24-18)20(22)16-7-5-15(2)6-8-16/h5-8,10,13,20-21H,3-4,9,11-12,14H2,1-2H3. The maximum atomic E-state index is 12.8. The number of unbranched alkanes of at least 4 members (excludes halogenated alkanes) is 1. The molecule has 1 atom stereocenters. The van der Waals surface area contributed by atoms with Gasteiger partial charge >= 0.3 is 0 Å². The first-order valence-electron chi connectivity index (χ1n) is 8.83. The highest BCUT2D eigenvalue weighted by Gasteiger charge is 2.32. The van der Waals surface area contributed by atoms with Gasteiger partial charge in [0.05, 0.1) is 12.6 Å². The van der Waals surface area contributed by atoms with Crippen LogP contribution in [0.15, 0.2) is 35.7 Å². The minimum Gasteiger partial charge on any atom is -0.330 e. The second kappa shape index (κ2) is 7.95. The molecule has 0 radical (unpaired) electrons. The van der Waals surface area contributed by atoms with Gasteiger partial charge < -0.3 is 10.2 Å². The number of rotatable bonds is 6. The summed E-state index contributed by atoms with van der Waals surface area (Å²) in [5.74, 6) is 0.202. The van der Waals surface area contributed by atoms with Crippen molar-refractivity contribution < 1.29 is 4.79 Å². The van der Waals surface area contributed by atoms with Crippen molar-refractivity contribution in [3.63, 3.8) is 0 Å². The molecule has 2 heterocycles. The van der Waals surface area contributed by atoms with Gasteiger partial charge in [-0.15, -0.1) is 11.3 Å². The number of hydrogen-bond donors (Lipinski definition) is 1. The largest absolute Gasteiger partial charge is 0.330 e. The summed E-state index contributed by atoms with van der Waals surface area (Å²) in [4.78, 5) is 16.3. The van der Waals surface area contributed by atoms with Crippen molar-refractivity contribution in [2.75, 3.05) is 19.6 Å². The third-order valence-corrected chi connectivity index (χ3v) is 5.66. The number of nitrogens with one attached hydrogen (secondary N) is 1. The number of benzene rings is 1. The molecule has 24 heavy (non-hydrogen) atoms. The van der Waals surface area contributed by atoms with Crippen LogP contribution in [0.4, 0.5) is 0 Å². The lowest BCUT2D eigenvalue weighted by molar-refractivity contribution is -0.132. The molecule has 0 saturated heterocycles. The quantitative estimate of drug-likeness (QED) is 0.807. The summed E-state index contributed by atoms with van der Waals surface area (Å²) in [5, 5.41) is 5.45. The molecule has 0 spiro atoms. The van der Waals surface area contributed by atoms with Crippen LogP contribution in [-0.4, -0.2) is 30.4 Å². The maximum absolute atomic E-state index is 12.8. The first-order chi connectivity index (χ1) is 11.7. The summed E-state index contributed by atoms with van der Waals surface area (Å²) >= 11 is 1.81. The molecule has 128 valence electrons. The van der Waals surface area contributed by atoms with Crippen LogP contribution in [0.1, 0.15) is 47.4 Å². The van der Waals surface area contributed by atoms with Crippen molar-refractivity contribution in [2.45, 2.75) is 39.2 Å². The Morgan fingerprint density at radius 3 is 2.83 bits per heavy atom. The predicted molar refractivity (Wildman–Crippen MR) is 101 cm³/mol. The number of nitrogens with zero attached hydrogens (tertiary/aromatic N) is 1. The molecule has 0 aliphatic carbocycles. The highest BCUT2D eigenvalue weighted by Crippen LogP contribution is 2.37. The van der Waals surface area contributed by atoms with E-state index in [2.05, 4.69) is 59.8 Å². The Kier molecular flexibility index (Phi) is 5.69. The van der Waals surface area contributed by atoms with Gasteiger partial charge in [-0.1, -0.05) is 43.2 Å². The van der Waals surface area contributed by atoms with Gasteiger partial charge in [0, 0.05) is 11.4 Å². The van der Waals surface area contributed by atoms with Gasteiger partial charge in [0.2, 0.25) is 5.91 Å². The monoisotopic (exact) mass is 342 g/mol. The van der Waals surface area contributed by atoms with E-state index in [0.29, 0.717) is 6.54 Å². The number of fused-ring (bicyclic) bond motifs is 1. The van der Waals surface area contributed by atoms with Gasteiger partial charge in [-0.05, 0) is 48.9 Å². The summed E-state index contributed by atoms with van der Waals surface area (Å²) in [6, 6.07) is 10.8. The summed E-state index contributed by atoms with van der Waals surface area (Å²) in [6.45, 7) is 6.41. The van der Waals surface area contributed by atoms with Gasteiger partial charge in [-0.3, -0.25) is 4.79 Å². The lowest BCUT2D eigenvalue weighted by Crippen LogP contribution is -2.44. The van der Waals surface area contributed by atoms with Crippen molar-refractivity contribution in [2.24, 2.45) is 0 Å². The minimum atomic E-state index is 0.0566. The highest BCUT2D eigenvalue weighted by molar-refractivity contribution is 7.10. The Morgan fingerprint density at radius 1 is 1.29 bits per heavy atom. The van der Waals surface area contributed by atoms with Crippen LogP contribution in [0.2, 0.25) is 0 Å². The van der Waals surface area contributed by atoms with E-state index in [1.165, 1.54) is 21.6 Å². The predicted octanol–water partition coefficient (Wildman–Crippen LogP) is 3.92. The molecule has 0 saturated carbocycles. The Balaban J connectivity index is 1.82. The third-order valence-electron chi connectivity index (χ3n) is 4.66. The first kappa shape index (κ1) is 17.2. The molecular weight excluding hydrogens is 316 g/mol. The van der Waals surface area contributed by atoms with Crippen LogP contribution in [0.25, 0.3) is 0 Å². The third kappa shape index (κ3) is 3.70. The fourth-order valence-corrected chi connectivity index (χ4v) is 4.20. The molecule has 1 aliphatic heterocycles. The van der Waals surface area contributed by atoms with Crippen molar-refractivity contribution >= 4 is 17.2 Å². The van der Waals surface area contributed by atoms with Gasteiger partial charge in [0.15, 0.2) is 0 Å². The minimum absolute atomic E-state index is 0.0566. The molecular formula is C20H26N2OS. The van der Waals surface area contributed by atoms with Crippen LogP contribution in [0.3, 0.4) is 0 Å². The van der Waals surface area contributed by atoms with E-state index in [1.54, 1.807) is 0 Å². The number of aryl methyl sites for hydroxylation is 1. The smallest absolute Gasteiger partial charge is 0.237 e. The van der Waals surface area contributed by atoms with E-state index < -0.39 is 0 Å². The lowest BCUT2D eigenvalue weighted by atomic mass is 9.92. The van der Waals surface area contributed by atoms with Crippen molar-refractivity contribution in [3.8, 4) is 0 Å². The van der Waals surface area contributed by atoms with Crippen LogP contribution in [-0.2, 0) is 11.2 Å². The van der Waals surface area contributed by atoms with E-state index in [4.69, 9.17) is 0 Å². The van der Waals surface area contributed by atoms with Crippen molar-refractivity contribution in [3.05, 3.63) is 57.3 Å². The summed E-state index contributed by atoms with van der Waals surface area (Å²) in [7, 11) is 0. The molecule has 0 fully saturated rings. The second-order valence-corrected chi connectivity index (χ2v) is 7.48. The molecule has 2 aromatic rings. The Labute approximate surface area is 148 Å². The topological polar surface area (TPSA) is 32.3 Å². The van der Waals surface area contributed by atoms with Crippen molar-refractivity contribution in [1.82, 2.24) is 10.2 Å². The zero-order valence-corrected chi connectivity index (χ0v) is 15.4. The zero-order valence-electron chi connectivity index (χ0n) is 14.5. The highest BCUT2D eigenvalue weighted by atomic mass is 32.1. The Bertz CT molecular complexity index is 677. The van der Waals surface area contributed by atoms with E-state index in [0.717, 1.165) is 32.4 Å². The summed E-state index contributed by atoms with van der Waals surface area (Å²) < 4.78 is 0. The molecule has 3 nitrogen and oxygen atoms in total. The average molecular weight is 343 g/mol. The van der Waals surface area contributed by atoms with Gasteiger partial charge in [0.1, 0.15) is 0 Å². The number of carbonyl (C=O) groups excluding carboxylic acids is 1. The zero-order chi connectivity index (χ0) is 16.9. The Hall–Kier alpha value is -1.65. The molecule has 1 amide bonds. The average Bonchev–Trinajstić information content (AvgIpc) is 3.07. The number of hydrogen-bond acceptors (Lipinski definition) is 3. The normalized spacial score (nSPS) is 16.9. The summed E-state index contributed by atoms with van der Waals surface area (Å²) in [5.41, 5.74) is 3.76. The van der Waals surface area contributed by atoms with Crippen molar-refractivity contribution in [1.29, 1.82) is 0 Å². The number of amides is 1. The number of thiophene rings is 1. The van der Waals surface area contributed by atoms with E-state index in [-0.39, 0.29) is 11.9 Å². The second-order valence-electron chi connectivity index (χ2n) is 6.48. The molecule has 1 aromatic heterocycles. The van der Waals surface area contributed by atoms with E-state index in [1.807, 2.05) is 11.3 Å². The van der Waals surface area contributed by atoms with Crippen LogP contribution >= 0.6 is 11.3 Å². The molecule has 0 bridgehead atoms. The van der Waals surface area contributed by atoms with Gasteiger partial charge in [-0.25, -0.2) is 0 Å². The van der Waals surface area contributed by atoms with E-state index in [9.17, 15) is 4.79 Å². The summed E-state index contributed by atoms with van der Waals surface area (Å²) in [6.07, 6.45) is 3.23. The SMILES string of the molecule is CCCCNCC(=O)N1CCc2sccc2C1c1ccc(C)cc1. The molecule has 1 aromatic carbocycles. The van der Waals surface area contributed by atoms with E-state index >= 15 is 0 Å². The fraction of sp³-hybridized carbons (Fsp3) is 0.450. The molecule has 1 unspecified atom stereocenters. The first-order valence-corrected chi connectivity index (χ1v) is 9.71. The van der Waals surface area contributed by atoms with Crippen LogP contribution < -0.4 is 5.32 Å². The van der Waals surface area contributed by atoms with Crippen LogP contribution in [0, 0.1) is 6.92 Å². The van der Waals surface area contributed by atoms with Crippen LogP contribution in [0.5, 0.6) is 0 Å². The van der Waals surface area contributed by atoms with Gasteiger partial charge in [0.25, 0.3) is 0 Å². The molecule has 3 rings (SSSR count). The molecule has 4 heteroatoms. The van der Waals surface area contributed by atoms with Gasteiger partial charge in [-0.2, -0.15) is 0 Å². The number of carbonyl (C=O) groups is 1.